The van der Waals surface area contributed by atoms with Crippen LogP contribution in [0.2, 0.25) is 5.02 Å². The van der Waals surface area contributed by atoms with Gasteiger partial charge in [0.05, 0.1) is 23.4 Å². The van der Waals surface area contributed by atoms with Crippen LogP contribution in [0, 0.1) is 6.92 Å². The smallest absolute Gasteiger partial charge is 0.243 e. The molecule has 0 aromatic heterocycles. The third kappa shape index (κ3) is 6.66. The van der Waals surface area contributed by atoms with Crippen LogP contribution in [0.3, 0.4) is 0 Å². The zero-order valence-corrected chi connectivity index (χ0v) is 22.3. The van der Waals surface area contributed by atoms with Crippen LogP contribution in [0.5, 0.6) is 5.75 Å². The molecular formula is C23H30ClN3O6S2. The van der Waals surface area contributed by atoms with E-state index < -0.39 is 32.0 Å². The number of nitrogens with one attached hydrogen (secondary N) is 1. The van der Waals surface area contributed by atoms with E-state index in [2.05, 4.69) is 5.32 Å². The Morgan fingerprint density at radius 2 is 1.74 bits per heavy atom. The summed E-state index contributed by atoms with van der Waals surface area (Å²) < 4.78 is 58.3. The zero-order chi connectivity index (χ0) is 25.8. The second-order valence-corrected chi connectivity index (χ2v) is 12.6. The average molecular weight is 544 g/mol. The van der Waals surface area contributed by atoms with E-state index in [0.717, 1.165) is 23.4 Å². The van der Waals surface area contributed by atoms with Crippen LogP contribution in [0.25, 0.3) is 0 Å². The van der Waals surface area contributed by atoms with Crippen molar-refractivity contribution in [2.45, 2.75) is 37.6 Å². The highest BCUT2D eigenvalue weighted by atomic mass is 35.5. The van der Waals surface area contributed by atoms with Crippen LogP contribution in [0.1, 0.15) is 25.3 Å². The van der Waals surface area contributed by atoms with Gasteiger partial charge < -0.3 is 10.1 Å². The zero-order valence-electron chi connectivity index (χ0n) is 19.9. The number of anilines is 1. The molecule has 1 unspecified atom stereocenters. The van der Waals surface area contributed by atoms with Gasteiger partial charge in [-0.05, 0) is 68.7 Å². The number of hydrogen-bond donors (Lipinski definition) is 1. The monoisotopic (exact) mass is 543 g/mol. The van der Waals surface area contributed by atoms with E-state index in [-0.39, 0.29) is 18.0 Å². The van der Waals surface area contributed by atoms with E-state index in [4.69, 9.17) is 16.3 Å². The molecule has 2 aromatic carbocycles. The molecule has 1 saturated heterocycles. The third-order valence-corrected chi connectivity index (χ3v) is 9.07. The minimum atomic E-state index is -3.77. The van der Waals surface area contributed by atoms with Gasteiger partial charge in [0.2, 0.25) is 26.0 Å². The Labute approximate surface area is 212 Å². The highest BCUT2D eigenvalue weighted by Gasteiger charge is 2.30. The summed E-state index contributed by atoms with van der Waals surface area (Å²) in [5, 5.41) is 3.04. The lowest BCUT2D eigenvalue weighted by Crippen LogP contribution is -2.48. The quantitative estimate of drug-likeness (QED) is 0.461. The molecule has 0 aliphatic carbocycles. The molecule has 1 heterocycles. The Balaban J connectivity index is 1.57. The second kappa shape index (κ2) is 11.2. The van der Waals surface area contributed by atoms with Crippen molar-refractivity contribution in [2.75, 3.05) is 36.8 Å². The van der Waals surface area contributed by atoms with Gasteiger partial charge in [-0.25, -0.2) is 16.8 Å². The number of amides is 1. The van der Waals surface area contributed by atoms with Crippen LogP contribution in [0.4, 0.5) is 5.69 Å². The van der Waals surface area contributed by atoms with Crippen molar-refractivity contribution in [1.82, 2.24) is 9.62 Å². The lowest BCUT2D eigenvalue weighted by atomic mass is 10.2. The van der Waals surface area contributed by atoms with Gasteiger partial charge >= 0.3 is 0 Å². The Morgan fingerprint density at radius 1 is 1.11 bits per heavy atom. The summed E-state index contributed by atoms with van der Waals surface area (Å²) >= 11 is 6.05. The van der Waals surface area contributed by atoms with Gasteiger partial charge in [-0.1, -0.05) is 17.7 Å². The standard InChI is InChI=1S/C23H30ClN3O6S2/c1-17-6-7-19(24)16-22(17)27(34(3,29)30)18(2)23(28)25-12-15-33-20-8-10-21(11-9-20)35(31,32)26-13-4-5-14-26/h6-11,16,18H,4-5,12-15H2,1-3H3,(H,25,28). The van der Waals surface area contributed by atoms with E-state index in [1.165, 1.54) is 29.4 Å². The van der Waals surface area contributed by atoms with Crippen molar-refractivity contribution < 1.29 is 26.4 Å². The minimum absolute atomic E-state index is 0.117. The molecule has 1 N–H and O–H groups in total. The molecule has 12 heteroatoms. The Kier molecular flexibility index (Phi) is 8.68. The Hall–Kier alpha value is -2.34. The van der Waals surface area contributed by atoms with Crippen molar-refractivity contribution in [3.63, 3.8) is 0 Å². The van der Waals surface area contributed by atoms with Crippen molar-refractivity contribution in [2.24, 2.45) is 0 Å². The van der Waals surface area contributed by atoms with Gasteiger partial charge in [-0.2, -0.15) is 4.31 Å². The second-order valence-electron chi connectivity index (χ2n) is 8.39. The maximum absolute atomic E-state index is 12.7. The largest absolute Gasteiger partial charge is 0.492 e. The molecule has 1 aliphatic rings. The average Bonchev–Trinajstić information content (AvgIpc) is 3.34. The molecule has 9 nitrogen and oxygen atoms in total. The summed E-state index contributed by atoms with van der Waals surface area (Å²) in [6, 6.07) is 9.98. The predicted molar refractivity (Wildman–Crippen MR) is 136 cm³/mol. The molecule has 1 atom stereocenters. The lowest BCUT2D eigenvalue weighted by molar-refractivity contribution is -0.121. The number of rotatable bonds is 10. The highest BCUT2D eigenvalue weighted by molar-refractivity contribution is 7.92. The van der Waals surface area contributed by atoms with E-state index in [9.17, 15) is 21.6 Å². The first-order valence-corrected chi connectivity index (χ1v) is 14.8. The predicted octanol–water partition coefficient (Wildman–Crippen LogP) is 2.78. The molecule has 2 aromatic rings. The summed E-state index contributed by atoms with van der Waals surface area (Å²) in [6.45, 7) is 4.55. The van der Waals surface area contributed by atoms with E-state index in [0.29, 0.717) is 35.1 Å². The van der Waals surface area contributed by atoms with E-state index >= 15 is 0 Å². The maximum Gasteiger partial charge on any atom is 0.243 e. The molecule has 35 heavy (non-hydrogen) atoms. The van der Waals surface area contributed by atoms with Gasteiger partial charge in [-0.15, -0.1) is 0 Å². The number of aryl methyl sites for hydroxylation is 1. The lowest BCUT2D eigenvalue weighted by Gasteiger charge is -2.29. The van der Waals surface area contributed by atoms with Gasteiger partial charge in [0.1, 0.15) is 18.4 Å². The van der Waals surface area contributed by atoms with Gasteiger partial charge in [0.15, 0.2) is 0 Å². The fourth-order valence-electron chi connectivity index (χ4n) is 3.88. The highest BCUT2D eigenvalue weighted by Crippen LogP contribution is 2.28. The van der Waals surface area contributed by atoms with Crippen molar-refractivity contribution in [3.8, 4) is 5.75 Å². The summed E-state index contributed by atoms with van der Waals surface area (Å²) in [4.78, 5) is 12.9. The van der Waals surface area contributed by atoms with Crippen LogP contribution in [0.15, 0.2) is 47.4 Å². The first-order valence-electron chi connectivity index (χ1n) is 11.2. The first kappa shape index (κ1) is 27.3. The first-order chi connectivity index (χ1) is 16.4. The molecule has 192 valence electrons. The summed E-state index contributed by atoms with van der Waals surface area (Å²) in [5.74, 6) is -0.0366. The van der Waals surface area contributed by atoms with Gasteiger partial charge in [0, 0.05) is 18.1 Å². The van der Waals surface area contributed by atoms with Gasteiger partial charge in [0.25, 0.3) is 0 Å². The number of sulfonamides is 2. The molecule has 0 saturated carbocycles. The molecule has 1 amide bonds. The topological polar surface area (TPSA) is 113 Å². The molecular weight excluding hydrogens is 514 g/mol. The van der Waals surface area contributed by atoms with Crippen molar-refractivity contribution in [3.05, 3.63) is 53.1 Å². The molecule has 1 fully saturated rings. The molecule has 0 radical (unpaired) electrons. The summed E-state index contributed by atoms with van der Waals surface area (Å²) in [6.07, 6.45) is 2.77. The number of halogens is 1. The van der Waals surface area contributed by atoms with Crippen LogP contribution >= 0.6 is 11.6 Å². The van der Waals surface area contributed by atoms with Gasteiger partial charge in [-0.3, -0.25) is 9.10 Å². The number of carbonyl (C=O) groups is 1. The molecule has 0 bridgehead atoms. The van der Waals surface area contributed by atoms with Crippen LogP contribution < -0.4 is 14.4 Å². The summed E-state index contributed by atoms with van der Waals surface area (Å²) in [5.41, 5.74) is 1.00. The number of nitrogens with zero attached hydrogens (tertiary/aromatic N) is 2. The SMILES string of the molecule is Cc1ccc(Cl)cc1N(C(C)C(=O)NCCOc1ccc(S(=O)(=O)N2CCCC2)cc1)S(C)(=O)=O. The minimum Gasteiger partial charge on any atom is -0.492 e. The summed E-state index contributed by atoms with van der Waals surface area (Å²) in [7, 11) is -7.26. The molecule has 1 aliphatic heterocycles. The number of benzene rings is 2. The molecule has 3 rings (SSSR count). The normalized spacial score (nSPS) is 15.5. The third-order valence-electron chi connectivity index (χ3n) is 5.69. The fourth-order valence-corrected chi connectivity index (χ4v) is 6.78. The number of hydrogen-bond acceptors (Lipinski definition) is 6. The van der Waals surface area contributed by atoms with Crippen molar-refractivity contribution >= 4 is 43.2 Å². The van der Waals surface area contributed by atoms with E-state index in [1.54, 1.807) is 31.2 Å². The Morgan fingerprint density at radius 3 is 2.34 bits per heavy atom. The van der Waals surface area contributed by atoms with E-state index in [1.807, 2.05) is 0 Å². The Bertz CT molecular complexity index is 1260. The maximum atomic E-state index is 12.7. The van der Waals surface area contributed by atoms with Crippen LogP contribution in [-0.4, -0.2) is 65.6 Å². The van der Waals surface area contributed by atoms with Crippen LogP contribution in [-0.2, 0) is 24.8 Å². The molecule has 0 spiro atoms. The fraction of sp³-hybridized carbons (Fsp3) is 0.435. The number of ether oxygens (including phenoxy) is 1. The van der Waals surface area contributed by atoms with Crippen molar-refractivity contribution in [1.29, 1.82) is 0 Å². The number of carbonyl (C=O) groups excluding carboxylic acids is 1.